The zero-order chi connectivity index (χ0) is 14.8. The van der Waals surface area contributed by atoms with Gasteiger partial charge in [0.05, 0.1) is 6.61 Å². The second-order valence-corrected chi connectivity index (χ2v) is 6.11. The molecule has 0 bridgehead atoms. The number of rotatable bonds is 10. The maximum atomic E-state index is 13.4. The van der Waals surface area contributed by atoms with Crippen LogP contribution in [0.25, 0.3) is 0 Å². The lowest BCUT2D eigenvalue weighted by Gasteiger charge is -2.08. The minimum absolute atomic E-state index is 0.0225. The Kier molecular flexibility index (Phi) is 9.27. The molecule has 0 heterocycles. The van der Waals surface area contributed by atoms with E-state index in [9.17, 15) is 8.78 Å². The molecule has 1 aromatic rings. The highest BCUT2D eigenvalue weighted by molar-refractivity contribution is 9.10. The second-order valence-electron chi connectivity index (χ2n) is 4.75. The molecule has 20 heavy (non-hydrogen) atoms. The Morgan fingerprint density at radius 2 is 1.55 bits per heavy atom. The minimum atomic E-state index is -0.917. The fourth-order valence-corrected chi connectivity index (χ4v) is 2.55. The van der Waals surface area contributed by atoms with E-state index < -0.39 is 11.6 Å². The van der Waals surface area contributed by atoms with Crippen molar-refractivity contribution in [3.05, 3.63) is 28.2 Å². The van der Waals surface area contributed by atoms with Crippen LogP contribution < -0.4 is 4.74 Å². The van der Waals surface area contributed by atoms with Gasteiger partial charge in [-0.25, -0.2) is 4.39 Å². The lowest BCUT2D eigenvalue weighted by atomic mass is 10.1. The summed E-state index contributed by atoms with van der Waals surface area (Å²) in [5.41, 5.74) is 0. The number of thiol groups is 1. The Morgan fingerprint density at radius 3 is 2.20 bits per heavy atom. The molecule has 0 N–H and O–H groups in total. The quantitative estimate of drug-likeness (QED) is 0.314. The molecule has 1 rings (SSSR count). The van der Waals surface area contributed by atoms with Gasteiger partial charge in [0.2, 0.25) is 5.82 Å². The van der Waals surface area contributed by atoms with Crippen LogP contribution in [-0.2, 0) is 0 Å². The van der Waals surface area contributed by atoms with Crippen molar-refractivity contribution in [2.45, 2.75) is 44.9 Å². The van der Waals surface area contributed by atoms with E-state index in [1.165, 1.54) is 31.7 Å². The van der Waals surface area contributed by atoms with Crippen LogP contribution in [0.2, 0.25) is 0 Å². The Morgan fingerprint density at radius 1 is 0.950 bits per heavy atom. The van der Waals surface area contributed by atoms with Crippen LogP contribution in [0.5, 0.6) is 5.75 Å². The summed E-state index contributed by atoms with van der Waals surface area (Å²) >= 11 is 7.29. The first kappa shape index (κ1) is 17.8. The van der Waals surface area contributed by atoms with E-state index in [0.717, 1.165) is 31.1 Å². The summed E-state index contributed by atoms with van der Waals surface area (Å²) in [6, 6.07) is 2.54. The highest BCUT2D eigenvalue weighted by Gasteiger charge is 2.10. The fraction of sp³-hybridized carbons (Fsp3) is 0.600. The average Bonchev–Trinajstić information content (AvgIpc) is 2.42. The first-order valence-electron chi connectivity index (χ1n) is 7.03. The summed E-state index contributed by atoms with van der Waals surface area (Å²) in [5, 5.41) is 0. The largest absolute Gasteiger partial charge is 0.490 e. The standard InChI is InChI=1S/C15H21BrF2OS/c16-12-10-13(17)15(18)14(11-12)19-8-6-4-2-1-3-5-7-9-20/h10-11,20H,1-9H2. The molecule has 0 aliphatic heterocycles. The Balaban J connectivity index is 2.13. The molecule has 0 spiro atoms. The van der Waals surface area contributed by atoms with Crippen molar-refractivity contribution in [1.29, 1.82) is 0 Å². The third-order valence-electron chi connectivity index (χ3n) is 3.02. The van der Waals surface area contributed by atoms with Gasteiger partial charge in [-0.05, 0) is 30.7 Å². The SMILES string of the molecule is Fc1cc(Br)cc(OCCCCCCCCCS)c1F. The molecular weight excluding hydrogens is 346 g/mol. The Labute approximate surface area is 133 Å². The van der Waals surface area contributed by atoms with Gasteiger partial charge in [0.1, 0.15) is 0 Å². The first-order valence-corrected chi connectivity index (χ1v) is 8.46. The van der Waals surface area contributed by atoms with Crippen LogP contribution in [0.4, 0.5) is 8.78 Å². The van der Waals surface area contributed by atoms with Gasteiger partial charge >= 0.3 is 0 Å². The molecule has 0 saturated carbocycles. The van der Waals surface area contributed by atoms with E-state index in [0.29, 0.717) is 11.1 Å². The number of hydrogen-bond acceptors (Lipinski definition) is 2. The fourth-order valence-electron chi connectivity index (χ4n) is 1.92. The molecule has 0 atom stereocenters. The number of halogens is 3. The Hall–Kier alpha value is -0.290. The first-order chi connectivity index (χ1) is 9.65. The molecule has 0 amide bonds. The molecule has 0 saturated heterocycles. The summed E-state index contributed by atoms with van der Waals surface area (Å²) in [4.78, 5) is 0. The van der Waals surface area contributed by atoms with Crippen molar-refractivity contribution in [2.75, 3.05) is 12.4 Å². The third-order valence-corrected chi connectivity index (χ3v) is 3.79. The normalized spacial score (nSPS) is 10.8. The van der Waals surface area contributed by atoms with Crippen LogP contribution in [0.1, 0.15) is 44.9 Å². The molecule has 0 aliphatic rings. The smallest absolute Gasteiger partial charge is 0.200 e. The lowest BCUT2D eigenvalue weighted by molar-refractivity contribution is 0.284. The van der Waals surface area contributed by atoms with Crippen molar-refractivity contribution in [3.8, 4) is 5.75 Å². The maximum Gasteiger partial charge on any atom is 0.200 e. The predicted molar refractivity (Wildman–Crippen MR) is 85.7 cm³/mol. The Bertz CT molecular complexity index is 402. The van der Waals surface area contributed by atoms with Gasteiger partial charge in [-0.1, -0.05) is 48.0 Å². The molecule has 0 aromatic heterocycles. The van der Waals surface area contributed by atoms with E-state index in [1.807, 2.05) is 0 Å². The van der Waals surface area contributed by atoms with Crippen LogP contribution in [0.3, 0.4) is 0 Å². The minimum Gasteiger partial charge on any atom is -0.490 e. The van der Waals surface area contributed by atoms with Gasteiger partial charge in [0.15, 0.2) is 11.6 Å². The molecular formula is C15H21BrF2OS. The van der Waals surface area contributed by atoms with Gasteiger partial charge in [-0.15, -0.1) is 0 Å². The van der Waals surface area contributed by atoms with Crippen molar-refractivity contribution in [3.63, 3.8) is 0 Å². The van der Waals surface area contributed by atoms with Crippen molar-refractivity contribution in [1.82, 2.24) is 0 Å². The number of unbranched alkanes of at least 4 members (excludes halogenated alkanes) is 6. The summed E-state index contributed by atoms with van der Waals surface area (Å²) < 4.78 is 32.3. The van der Waals surface area contributed by atoms with Gasteiger partial charge in [0, 0.05) is 4.47 Å². The molecule has 0 radical (unpaired) electrons. The topological polar surface area (TPSA) is 9.23 Å². The van der Waals surface area contributed by atoms with Gasteiger partial charge in [-0.3, -0.25) is 0 Å². The van der Waals surface area contributed by atoms with Crippen LogP contribution >= 0.6 is 28.6 Å². The third kappa shape index (κ3) is 6.93. The average molecular weight is 367 g/mol. The molecule has 114 valence electrons. The van der Waals surface area contributed by atoms with E-state index in [1.54, 1.807) is 0 Å². The zero-order valence-corrected chi connectivity index (χ0v) is 14.0. The number of hydrogen-bond donors (Lipinski definition) is 1. The van der Waals surface area contributed by atoms with E-state index >= 15 is 0 Å². The zero-order valence-electron chi connectivity index (χ0n) is 11.5. The van der Waals surface area contributed by atoms with Gasteiger partial charge < -0.3 is 4.74 Å². The predicted octanol–water partition coefficient (Wildman–Crippen LogP) is 5.77. The molecule has 0 aliphatic carbocycles. The van der Waals surface area contributed by atoms with Crippen LogP contribution in [0.15, 0.2) is 16.6 Å². The van der Waals surface area contributed by atoms with Crippen LogP contribution in [0, 0.1) is 11.6 Å². The number of benzene rings is 1. The second kappa shape index (κ2) is 10.4. The van der Waals surface area contributed by atoms with Crippen molar-refractivity contribution < 1.29 is 13.5 Å². The monoisotopic (exact) mass is 366 g/mol. The molecule has 1 aromatic carbocycles. The van der Waals surface area contributed by atoms with E-state index in [2.05, 4.69) is 28.6 Å². The lowest BCUT2D eigenvalue weighted by Crippen LogP contribution is -2.01. The molecule has 5 heteroatoms. The van der Waals surface area contributed by atoms with E-state index in [-0.39, 0.29) is 5.75 Å². The van der Waals surface area contributed by atoms with Crippen molar-refractivity contribution in [2.24, 2.45) is 0 Å². The summed E-state index contributed by atoms with van der Waals surface area (Å²) in [6.07, 6.45) is 7.95. The van der Waals surface area contributed by atoms with Crippen LogP contribution in [-0.4, -0.2) is 12.4 Å². The highest BCUT2D eigenvalue weighted by atomic mass is 79.9. The van der Waals surface area contributed by atoms with Gasteiger partial charge in [-0.2, -0.15) is 17.0 Å². The summed E-state index contributed by atoms with van der Waals surface area (Å²) in [6.45, 7) is 0.420. The molecule has 1 nitrogen and oxygen atoms in total. The summed E-state index contributed by atoms with van der Waals surface area (Å²) in [5.74, 6) is -0.869. The highest BCUT2D eigenvalue weighted by Crippen LogP contribution is 2.25. The summed E-state index contributed by atoms with van der Waals surface area (Å²) in [7, 11) is 0. The number of ether oxygens (including phenoxy) is 1. The maximum absolute atomic E-state index is 13.4. The van der Waals surface area contributed by atoms with Crippen molar-refractivity contribution >= 4 is 28.6 Å². The molecule has 0 fully saturated rings. The van der Waals surface area contributed by atoms with E-state index in [4.69, 9.17) is 4.74 Å². The van der Waals surface area contributed by atoms with Gasteiger partial charge in [0.25, 0.3) is 0 Å². The molecule has 0 unspecified atom stereocenters.